The Labute approximate surface area is 94.6 Å². The topological polar surface area (TPSA) is 47.3 Å². The first-order chi connectivity index (χ1) is 7.27. The molecule has 1 saturated heterocycles. The lowest BCUT2D eigenvalue weighted by Crippen LogP contribution is -2.44. The molecule has 82 valence electrons. The first-order valence-electron chi connectivity index (χ1n) is 5.11. The summed E-state index contributed by atoms with van der Waals surface area (Å²) >= 11 is 5.82. The summed E-state index contributed by atoms with van der Waals surface area (Å²) in [6.45, 7) is 2.44. The predicted octanol–water partition coefficient (Wildman–Crippen LogP) is 1.33. The third kappa shape index (κ3) is 2.69. The zero-order valence-corrected chi connectivity index (χ0v) is 9.20. The first kappa shape index (κ1) is 10.9. The molecule has 0 radical (unpaired) electrons. The molecule has 1 aromatic rings. The second-order valence-electron chi connectivity index (χ2n) is 3.69. The monoisotopic (exact) mass is 226 g/mol. The van der Waals surface area contributed by atoms with Gasteiger partial charge in [0.25, 0.3) is 0 Å². The van der Waals surface area contributed by atoms with E-state index < -0.39 is 0 Å². The number of rotatable bonds is 2. The van der Waals surface area contributed by atoms with Crippen molar-refractivity contribution in [2.24, 2.45) is 5.73 Å². The summed E-state index contributed by atoms with van der Waals surface area (Å²) in [6, 6.07) is 7.52. The van der Waals surface area contributed by atoms with Gasteiger partial charge >= 0.3 is 0 Å². The third-order valence-corrected chi connectivity index (χ3v) is 2.86. The minimum absolute atomic E-state index is 0.0555. The maximum Gasteiger partial charge on any atom is 0.0892 e. The Kier molecular flexibility index (Phi) is 3.59. The zero-order valence-electron chi connectivity index (χ0n) is 8.45. The van der Waals surface area contributed by atoms with Crippen molar-refractivity contribution in [1.82, 2.24) is 5.32 Å². The molecule has 0 saturated carbocycles. The van der Waals surface area contributed by atoms with Crippen LogP contribution in [-0.4, -0.2) is 25.8 Å². The fourth-order valence-corrected chi connectivity index (χ4v) is 1.84. The number of benzene rings is 1. The molecule has 2 rings (SSSR count). The van der Waals surface area contributed by atoms with Gasteiger partial charge < -0.3 is 15.8 Å². The van der Waals surface area contributed by atoms with E-state index in [1.807, 2.05) is 24.3 Å². The van der Waals surface area contributed by atoms with Crippen molar-refractivity contribution >= 4 is 11.6 Å². The lowest BCUT2D eigenvalue weighted by molar-refractivity contribution is 0.0122. The second kappa shape index (κ2) is 4.94. The molecule has 3 nitrogen and oxygen atoms in total. The van der Waals surface area contributed by atoms with Crippen molar-refractivity contribution in [2.45, 2.75) is 12.1 Å². The average Bonchev–Trinajstić information content (AvgIpc) is 2.30. The van der Waals surface area contributed by atoms with E-state index in [0.717, 1.165) is 30.3 Å². The summed E-state index contributed by atoms with van der Waals surface area (Å²) in [5.41, 5.74) is 7.17. The molecule has 1 heterocycles. The van der Waals surface area contributed by atoms with Crippen LogP contribution in [0.25, 0.3) is 0 Å². The molecule has 1 aliphatic rings. The van der Waals surface area contributed by atoms with E-state index in [0.29, 0.717) is 0 Å². The Balaban J connectivity index is 2.05. The van der Waals surface area contributed by atoms with Crippen LogP contribution < -0.4 is 11.1 Å². The fourth-order valence-electron chi connectivity index (χ4n) is 1.72. The Bertz CT molecular complexity index is 309. The fraction of sp³-hybridized carbons (Fsp3) is 0.455. The van der Waals surface area contributed by atoms with Crippen LogP contribution in [0.15, 0.2) is 24.3 Å². The Morgan fingerprint density at radius 2 is 2.13 bits per heavy atom. The van der Waals surface area contributed by atoms with Crippen molar-refractivity contribution in [3.8, 4) is 0 Å². The van der Waals surface area contributed by atoms with Gasteiger partial charge in [0, 0.05) is 18.1 Å². The SMILES string of the molecule is NC(c1ccc(Cl)cc1)C1CNCCO1. The van der Waals surface area contributed by atoms with Crippen LogP contribution in [0.4, 0.5) is 0 Å². The van der Waals surface area contributed by atoms with E-state index in [1.54, 1.807) is 0 Å². The highest BCUT2D eigenvalue weighted by Crippen LogP contribution is 2.19. The highest BCUT2D eigenvalue weighted by atomic mass is 35.5. The molecule has 1 fully saturated rings. The summed E-state index contributed by atoms with van der Waals surface area (Å²) in [5.74, 6) is 0. The van der Waals surface area contributed by atoms with Crippen LogP contribution >= 0.6 is 11.6 Å². The number of hydrogen-bond acceptors (Lipinski definition) is 3. The molecule has 4 heteroatoms. The van der Waals surface area contributed by atoms with Gasteiger partial charge in [-0.25, -0.2) is 0 Å². The maximum absolute atomic E-state index is 6.11. The zero-order chi connectivity index (χ0) is 10.7. The molecule has 3 N–H and O–H groups in total. The normalized spacial score (nSPS) is 23.7. The first-order valence-corrected chi connectivity index (χ1v) is 5.48. The van der Waals surface area contributed by atoms with Crippen LogP contribution in [0.2, 0.25) is 5.02 Å². The second-order valence-corrected chi connectivity index (χ2v) is 4.13. The summed E-state index contributed by atoms with van der Waals surface area (Å²) < 4.78 is 5.60. The van der Waals surface area contributed by atoms with E-state index in [9.17, 15) is 0 Å². The number of nitrogens with one attached hydrogen (secondary N) is 1. The van der Waals surface area contributed by atoms with Crippen LogP contribution in [0, 0.1) is 0 Å². The smallest absolute Gasteiger partial charge is 0.0892 e. The lowest BCUT2D eigenvalue weighted by Gasteiger charge is -2.28. The van der Waals surface area contributed by atoms with Crippen molar-refractivity contribution in [3.05, 3.63) is 34.9 Å². The largest absolute Gasteiger partial charge is 0.374 e. The van der Waals surface area contributed by atoms with Crippen LogP contribution in [0.3, 0.4) is 0 Å². The molecular weight excluding hydrogens is 212 g/mol. The maximum atomic E-state index is 6.11. The van der Waals surface area contributed by atoms with Gasteiger partial charge in [0.05, 0.1) is 18.8 Å². The quantitative estimate of drug-likeness (QED) is 0.800. The molecule has 2 atom stereocenters. The van der Waals surface area contributed by atoms with Crippen molar-refractivity contribution in [3.63, 3.8) is 0 Å². The number of hydrogen-bond donors (Lipinski definition) is 2. The number of nitrogens with two attached hydrogens (primary N) is 1. The highest BCUT2D eigenvalue weighted by molar-refractivity contribution is 6.30. The van der Waals surface area contributed by atoms with Crippen molar-refractivity contribution in [1.29, 1.82) is 0 Å². The molecular formula is C11H15ClN2O. The van der Waals surface area contributed by atoms with E-state index in [1.165, 1.54) is 0 Å². The van der Waals surface area contributed by atoms with E-state index >= 15 is 0 Å². The van der Waals surface area contributed by atoms with E-state index in [2.05, 4.69) is 5.32 Å². The van der Waals surface area contributed by atoms with Gasteiger partial charge in [0.15, 0.2) is 0 Å². The highest BCUT2D eigenvalue weighted by Gasteiger charge is 2.22. The molecule has 0 aliphatic carbocycles. The van der Waals surface area contributed by atoms with Gasteiger partial charge in [-0.3, -0.25) is 0 Å². The summed E-state index contributed by atoms with van der Waals surface area (Å²) in [7, 11) is 0. The molecule has 1 aromatic carbocycles. The molecule has 2 unspecified atom stereocenters. The molecule has 0 aromatic heterocycles. The summed E-state index contributed by atoms with van der Waals surface area (Å²) in [4.78, 5) is 0. The third-order valence-electron chi connectivity index (χ3n) is 2.61. The van der Waals surface area contributed by atoms with Gasteiger partial charge in [0.2, 0.25) is 0 Å². The molecule has 0 amide bonds. The molecule has 0 spiro atoms. The van der Waals surface area contributed by atoms with Crippen LogP contribution in [-0.2, 0) is 4.74 Å². The Morgan fingerprint density at radius 3 is 2.73 bits per heavy atom. The number of halogens is 1. The predicted molar refractivity (Wildman–Crippen MR) is 61.0 cm³/mol. The number of ether oxygens (including phenoxy) is 1. The number of morpholine rings is 1. The van der Waals surface area contributed by atoms with Crippen molar-refractivity contribution < 1.29 is 4.74 Å². The molecule has 15 heavy (non-hydrogen) atoms. The van der Waals surface area contributed by atoms with Crippen LogP contribution in [0.5, 0.6) is 0 Å². The molecule has 0 bridgehead atoms. The Morgan fingerprint density at radius 1 is 1.40 bits per heavy atom. The van der Waals surface area contributed by atoms with E-state index in [4.69, 9.17) is 22.1 Å². The Hall–Kier alpha value is -0.610. The van der Waals surface area contributed by atoms with Crippen molar-refractivity contribution in [2.75, 3.05) is 19.7 Å². The standard InChI is InChI=1S/C11H15ClN2O/c12-9-3-1-8(2-4-9)11(13)10-7-14-5-6-15-10/h1-4,10-11,14H,5-7,13H2. The van der Waals surface area contributed by atoms with Crippen LogP contribution in [0.1, 0.15) is 11.6 Å². The van der Waals surface area contributed by atoms with Gasteiger partial charge in [-0.2, -0.15) is 0 Å². The van der Waals surface area contributed by atoms with Gasteiger partial charge in [0.1, 0.15) is 0 Å². The summed E-state index contributed by atoms with van der Waals surface area (Å²) in [5, 5.41) is 4.00. The molecule has 1 aliphatic heterocycles. The minimum atomic E-state index is -0.0879. The van der Waals surface area contributed by atoms with Gasteiger partial charge in [-0.15, -0.1) is 0 Å². The lowest BCUT2D eigenvalue weighted by atomic mass is 10.0. The average molecular weight is 227 g/mol. The van der Waals surface area contributed by atoms with Gasteiger partial charge in [-0.1, -0.05) is 23.7 Å². The summed E-state index contributed by atoms with van der Waals surface area (Å²) in [6.07, 6.45) is 0.0555. The van der Waals surface area contributed by atoms with Gasteiger partial charge in [-0.05, 0) is 17.7 Å². The minimum Gasteiger partial charge on any atom is -0.374 e. The van der Waals surface area contributed by atoms with E-state index in [-0.39, 0.29) is 12.1 Å².